The van der Waals surface area contributed by atoms with E-state index in [0.29, 0.717) is 19.4 Å². The minimum Gasteiger partial charge on any atom is -0.469 e. The molecular weight excluding hydrogens is 414 g/mol. The quantitative estimate of drug-likeness (QED) is 0.602. The molecule has 0 aliphatic carbocycles. The number of hydrogen-bond donors (Lipinski definition) is 2. The largest absolute Gasteiger partial charge is 0.469 e. The van der Waals surface area contributed by atoms with Gasteiger partial charge in [-0.3, -0.25) is 19.3 Å². The number of hydrogen-bond acceptors (Lipinski definition) is 6. The van der Waals surface area contributed by atoms with E-state index in [0.717, 1.165) is 25.8 Å². The van der Waals surface area contributed by atoms with Crippen LogP contribution in [0.3, 0.4) is 0 Å². The predicted octanol–water partition coefficient (Wildman–Crippen LogP) is 3.78. The molecule has 0 bridgehead atoms. The summed E-state index contributed by atoms with van der Waals surface area (Å²) < 4.78 is 9.44. The van der Waals surface area contributed by atoms with Crippen molar-refractivity contribution in [2.75, 3.05) is 20.2 Å². The predicted molar refractivity (Wildman–Crippen MR) is 127 cm³/mol. The molecule has 3 N–H and O–H groups in total. The molecule has 2 saturated heterocycles. The molecule has 3 amide bonds. The third kappa shape index (κ3) is 19.6. The molecule has 9 nitrogen and oxygen atoms in total. The smallest absolute Gasteiger partial charge is 0.410 e. The van der Waals surface area contributed by atoms with Crippen LogP contribution in [0.2, 0.25) is 0 Å². The molecule has 1 unspecified atom stereocenters. The summed E-state index contributed by atoms with van der Waals surface area (Å²) in [7, 11) is 1.38. The Bertz CT molecular complexity index is 516. The number of rotatable bonds is 2. The molecule has 0 aromatic rings. The van der Waals surface area contributed by atoms with Crippen LogP contribution in [0.1, 0.15) is 93.9 Å². The summed E-state index contributed by atoms with van der Waals surface area (Å²) in [5.74, 6) is -0.414. The van der Waals surface area contributed by atoms with E-state index in [-0.39, 0.29) is 11.9 Å². The molecule has 2 aliphatic rings. The molecule has 32 heavy (non-hydrogen) atoms. The fraction of sp³-hybridized carbons (Fsp3) is 0.826. The third-order valence-electron chi connectivity index (χ3n) is 3.63. The van der Waals surface area contributed by atoms with Crippen LogP contribution in [0.5, 0.6) is 0 Å². The number of carbonyl (C=O) groups excluding carboxylic acids is 4. The average molecular weight is 462 g/mol. The summed E-state index contributed by atoms with van der Waals surface area (Å²) in [6, 6.07) is -0.500. The van der Waals surface area contributed by atoms with Gasteiger partial charge in [0, 0.05) is 25.9 Å². The molecule has 0 saturated carbocycles. The lowest BCUT2D eigenvalue weighted by Crippen LogP contribution is -2.45. The van der Waals surface area contributed by atoms with Gasteiger partial charge in [-0.15, -0.1) is 0 Å². The molecular formula is C23H47N3O6. The molecule has 0 spiro atoms. The van der Waals surface area contributed by atoms with Gasteiger partial charge in [-0.1, -0.05) is 41.0 Å². The van der Waals surface area contributed by atoms with Crippen LogP contribution in [0, 0.1) is 0 Å². The Hall–Kier alpha value is -2.32. The lowest BCUT2D eigenvalue weighted by molar-refractivity contribution is -0.140. The van der Waals surface area contributed by atoms with Gasteiger partial charge in [0.2, 0.25) is 11.8 Å². The highest BCUT2D eigenvalue weighted by atomic mass is 16.6. The number of nitrogens with one attached hydrogen (secondary N) is 1. The zero-order valence-corrected chi connectivity index (χ0v) is 21.7. The highest BCUT2D eigenvalue weighted by Gasteiger charge is 2.35. The SMILES string of the molecule is CC.CC(C)(C)OC(=O)N1CCCC1C(N)=O.CCC.CCC(=O)OC.O=C1CCCN1. The second kappa shape index (κ2) is 20.6. The van der Waals surface area contributed by atoms with Gasteiger partial charge in [0.15, 0.2) is 0 Å². The van der Waals surface area contributed by atoms with Gasteiger partial charge in [0.05, 0.1) is 7.11 Å². The van der Waals surface area contributed by atoms with Crippen LogP contribution in [-0.4, -0.2) is 60.6 Å². The number of carbonyl (C=O) groups is 4. The van der Waals surface area contributed by atoms with Crippen LogP contribution < -0.4 is 11.1 Å². The number of amides is 3. The van der Waals surface area contributed by atoms with Crippen molar-refractivity contribution >= 4 is 23.9 Å². The molecule has 0 aromatic heterocycles. The normalized spacial score (nSPS) is 16.2. The van der Waals surface area contributed by atoms with Gasteiger partial charge in [-0.2, -0.15) is 0 Å². The molecule has 2 rings (SSSR count). The number of methoxy groups -OCH3 is 1. The molecule has 0 radical (unpaired) electrons. The maximum Gasteiger partial charge on any atom is 0.410 e. The summed E-state index contributed by atoms with van der Waals surface area (Å²) in [5.41, 5.74) is 4.66. The van der Waals surface area contributed by atoms with Crippen LogP contribution in [0.15, 0.2) is 0 Å². The summed E-state index contributed by atoms with van der Waals surface area (Å²) in [6.07, 6.45) is 4.46. The van der Waals surface area contributed by atoms with Crippen molar-refractivity contribution in [3.63, 3.8) is 0 Å². The average Bonchev–Trinajstić information content (AvgIpc) is 3.41. The third-order valence-corrected chi connectivity index (χ3v) is 3.63. The van der Waals surface area contributed by atoms with Crippen molar-refractivity contribution in [3.8, 4) is 0 Å². The van der Waals surface area contributed by atoms with Crippen molar-refractivity contribution in [2.45, 2.75) is 106 Å². The number of nitrogens with zero attached hydrogens (tertiary/aromatic N) is 1. The Morgan fingerprint density at radius 3 is 1.91 bits per heavy atom. The number of esters is 1. The summed E-state index contributed by atoms with van der Waals surface area (Å²) in [6.45, 7) is 16.8. The first-order valence-corrected chi connectivity index (χ1v) is 11.6. The highest BCUT2D eigenvalue weighted by molar-refractivity contribution is 5.84. The van der Waals surface area contributed by atoms with E-state index in [2.05, 4.69) is 23.9 Å². The summed E-state index contributed by atoms with van der Waals surface area (Å²) in [5, 5.41) is 2.68. The first kappa shape index (κ1) is 34.3. The van der Waals surface area contributed by atoms with E-state index in [1.165, 1.54) is 18.4 Å². The van der Waals surface area contributed by atoms with Gasteiger partial charge < -0.3 is 20.5 Å². The molecule has 2 fully saturated rings. The van der Waals surface area contributed by atoms with Gasteiger partial charge >= 0.3 is 12.1 Å². The zero-order valence-electron chi connectivity index (χ0n) is 21.7. The fourth-order valence-electron chi connectivity index (χ4n) is 2.31. The molecule has 2 aliphatic heterocycles. The number of primary amides is 1. The van der Waals surface area contributed by atoms with Crippen LogP contribution in [0.4, 0.5) is 4.79 Å². The Labute approximate surface area is 194 Å². The summed E-state index contributed by atoms with van der Waals surface area (Å²) >= 11 is 0. The first-order chi connectivity index (χ1) is 14.9. The van der Waals surface area contributed by atoms with Gasteiger partial charge in [-0.25, -0.2) is 4.79 Å². The maximum absolute atomic E-state index is 11.7. The minimum atomic E-state index is -0.540. The molecule has 2 heterocycles. The van der Waals surface area contributed by atoms with Crippen molar-refractivity contribution in [1.82, 2.24) is 10.2 Å². The Morgan fingerprint density at radius 1 is 1.12 bits per heavy atom. The number of ether oxygens (including phenoxy) is 2. The first-order valence-electron chi connectivity index (χ1n) is 11.6. The van der Waals surface area contributed by atoms with E-state index >= 15 is 0 Å². The minimum absolute atomic E-state index is 0.157. The topological polar surface area (TPSA) is 128 Å². The number of likely N-dealkylation sites (tertiary alicyclic amines) is 1. The van der Waals surface area contributed by atoms with Crippen LogP contribution >= 0.6 is 0 Å². The number of nitrogens with two attached hydrogens (primary N) is 1. The Kier molecular flexibility index (Phi) is 22.1. The van der Waals surface area contributed by atoms with E-state index in [4.69, 9.17) is 10.5 Å². The Balaban J connectivity index is -0.000000408. The van der Waals surface area contributed by atoms with Crippen molar-refractivity contribution < 1.29 is 28.7 Å². The van der Waals surface area contributed by atoms with Crippen LogP contribution in [-0.2, 0) is 23.9 Å². The summed E-state index contributed by atoms with van der Waals surface area (Å²) in [4.78, 5) is 44.2. The molecule has 0 aromatic carbocycles. The monoisotopic (exact) mass is 461 g/mol. The standard InChI is InChI=1S/C10H18N2O3.C4H7NO.C4H8O2.C3H8.C2H6/c1-10(2,3)15-9(14)12-6-4-5-7(12)8(11)13;6-4-2-1-3-5-4;1-3-4(5)6-2;1-3-2;1-2/h7H,4-6H2,1-3H3,(H2,11,13);1-3H2,(H,5,6);3H2,1-2H3;3H2,1-2H3;1-2H3. The van der Waals surface area contributed by atoms with Gasteiger partial charge in [0.25, 0.3) is 0 Å². The zero-order chi connectivity index (χ0) is 25.7. The van der Waals surface area contributed by atoms with Crippen LogP contribution in [0.25, 0.3) is 0 Å². The lowest BCUT2D eigenvalue weighted by Gasteiger charge is -2.27. The van der Waals surface area contributed by atoms with Gasteiger partial charge in [0.1, 0.15) is 11.6 Å². The van der Waals surface area contributed by atoms with E-state index in [1.807, 2.05) is 13.8 Å². The van der Waals surface area contributed by atoms with E-state index < -0.39 is 23.6 Å². The Morgan fingerprint density at radius 2 is 1.66 bits per heavy atom. The van der Waals surface area contributed by atoms with Crippen molar-refractivity contribution in [3.05, 3.63) is 0 Å². The van der Waals surface area contributed by atoms with Crippen molar-refractivity contribution in [1.29, 1.82) is 0 Å². The maximum atomic E-state index is 11.7. The van der Waals surface area contributed by atoms with E-state index in [1.54, 1.807) is 27.7 Å². The van der Waals surface area contributed by atoms with E-state index in [9.17, 15) is 19.2 Å². The molecule has 9 heteroatoms. The van der Waals surface area contributed by atoms with Gasteiger partial charge in [-0.05, 0) is 40.0 Å². The second-order valence-corrected chi connectivity index (χ2v) is 7.82. The molecule has 190 valence electrons. The molecule has 1 atom stereocenters. The second-order valence-electron chi connectivity index (χ2n) is 7.82. The van der Waals surface area contributed by atoms with Crippen molar-refractivity contribution in [2.24, 2.45) is 5.73 Å². The lowest BCUT2D eigenvalue weighted by atomic mass is 10.2. The highest BCUT2D eigenvalue weighted by Crippen LogP contribution is 2.20. The fourth-order valence-corrected chi connectivity index (χ4v) is 2.31.